The Morgan fingerprint density at radius 1 is 0.905 bits per heavy atom. The van der Waals surface area contributed by atoms with E-state index in [1.54, 1.807) is 29.2 Å². The second kappa shape index (κ2) is 14.5. The molecule has 1 saturated carbocycles. The van der Waals surface area contributed by atoms with Crippen LogP contribution in [0.2, 0.25) is 0 Å². The molecular formula is C34H43N3O4S. The quantitative estimate of drug-likeness (QED) is 0.289. The van der Waals surface area contributed by atoms with Crippen molar-refractivity contribution in [3.05, 3.63) is 95.6 Å². The summed E-state index contributed by atoms with van der Waals surface area (Å²) in [6.07, 6.45) is 6.20. The zero-order valence-corrected chi connectivity index (χ0v) is 25.8. The van der Waals surface area contributed by atoms with Gasteiger partial charge in [-0.1, -0.05) is 86.8 Å². The number of nitrogens with zero attached hydrogens (tertiary/aromatic N) is 2. The summed E-state index contributed by atoms with van der Waals surface area (Å²) in [4.78, 5) is 29.6. The minimum Gasteiger partial charge on any atom is -0.352 e. The molecule has 7 nitrogen and oxygen atoms in total. The third-order valence-electron chi connectivity index (χ3n) is 8.07. The number of sulfonamides is 1. The van der Waals surface area contributed by atoms with Crippen molar-refractivity contribution in [3.8, 4) is 0 Å². The molecule has 1 fully saturated rings. The maximum Gasteiger partial charge on any atom is 0.264 e. The molecule has 3 aromatic carbocycles. The van der Waals surface area contributed by atoms with Gasteiger partial charge in [0.1, 0.15) is 12.6 Å². The van der Waals surface area contributed by atoms with Crippen molar-refractivity contribution < 1.29 is 18.0 Å². The molecule has 1 atom stereocenters. The summed E-state index contributed by atoms with van der Waals surface area (Å²) < 4.78 is 29.3. The van der Waals surface area contributed by atoms with Gasteiger partial charge < -0.3 is 10.2 Å². The molecule has 1 aliphatic carbocycles. The van der Waals surface area contributed by atoms with Crippen molar-refractivity contribution in [3.63, 3.8) is 0 Å². The molecule has 0 radical (unpaired) electrons. The first-order chi connectivity index (χ1) is 20.2. The number of carbonyl (C=O) groups is 2. The van der Waals surface area contributed by atoms with E-state index in [-0.39, 0.29) is 16.8 Å². The number of benzene rings is 3. The van der Waals surface area contributed by atoms with Crippen LogP contribution < -0.4 is 9.62 Å². The molecule has 0 bridgehead atoms. The number of carbonyl (C=O) groups excluding carboxylic acids is 2. The third kappa shape index (κ3) is 7.79. The lowest BCUT2D eigenvalue weighted by Crippen LogP contribution is -2.54. The van der Waals surface area contributed by atoms with Crippen LogP contribution in [0.5, 0.6) is 0 Å². The van der Waals surface area contributed by atoms with Crippen LogP contribution in [-0.2, 0) is 26.0 Å². The van der Waals surface area contributed by atoms with Gasteiger partial charge >= 0.3 is 0 Å². The number of anilines is 1. The molecule has 0 spiro atoms. The van der Waals surface area contributed by atoms with E-state index < -0.39 is 28.5 Å². The molecule has 224 valence electrons. The number of aryl methyl sites for hydroxylation is 2. The maximum absolute atomic E-state index is 14.3. The average Bonchev–Trinajstić information content (AvgIpc) is 3.00. The Hall–Kier alpha value is -3.65. The Kier molecular flexibility index (Phi) is 10.8. The van der Waals surface area contributed by atoms with Crippen molar-refractivity contribution in [2.45, 2.75) is 82.7 Å². The fourth-order valence-corrected chi connectivity index (χ4v) is 7.15. The fraction of sp³-hybridized carbons (Fsp3) is 0.412. The lowest BCUT2D eigenvalue weighted by atomic mass is 9.95. The number of amides is 2. The van der Waals surface area contributed by atoms with E-state index >= 15 is 0 Å². The molecule has 3 aromatic rings. The van der Waals surface area contributed by atoms with Crippen LogP contribution in [0.15, 0.2) is 83.8 Å². The lowest BCUT2D eigenvalue weighted by molar-refractivity contribution is -0.140. The van der Waals surface area contributed by atoms with Crippen molar-refractivity contribution in [1.29, 1.82) is 0 Å². The highest BCUT2D eigenvalue weighted by Gasteiger charge is 2.34. The Bertz CT molecular complexity index is 1440. The number of hydrogen-bond acceptors (Lipinski definition) is 4. The lowest BCUT2D eigenvalue weighted by Gasteiger charge is -2.34. The molecule has 1 N–H and O–H groups in total. The van der Waals surface area contributed by atoms with E-state index in [1.807, 2.05) is 63.2 Å². The van der Waals surface area contributed by atoms with Crippen LogP contribution in [-0.4, -0.2) is 50.3 Å². The standard InChI is InChI=1S/C34H43N3O4S/c1-4-31(34(39)35-29-16-10-6-11-17-29)36(23-22-28-14-8-5-9-15-28)33(38)25-37(32-24-26(2)20-21-27(32)3)42(40,41)30-18-12-7-13-19-30/h5,7-9,12-15,18-21,24,29,31H,4,6,10-11,16-17,22-23,25H2,1-3H3,(H,35,39)/t31-/m1/s1. The van der Waals surface area contributed by atoms with E-state index in [1.165, 1.54) is 22.9 Å². The van der Waals surface area contributed by atoms with Gasteiger partial charge in [0.15, 0.2) is 0 Å². The van der Waals surface area contributed by atoms with Gasteiger partial charge in [0.2, 0.25) is 11.8 Å². The molecule has 0 aliphatic heterocycles. The monoisotopic (exact) mass is 589 g/mol. The van der Waals surface area contributed by atoms with Gasteiger partial charge in [-0.25, -0.2) is 8.42 Å². The topological polar surface area (TPSA) is 86.8 Å². The van der Waals surface area contributed by atoms with E-state index in [0.29, 0.717) is 25.1 Å². The predicted molar refractivity (Wildman–Crippen MR) is 168 cm³/mol. The van der Waals surface area contributed by atoms with Crippen molar-refractivity contribution in [2.24, 2.45) is 0 Å². The van der Waals surface area contributed by atoms with Crippen LogP contribution in [0.4, 0.5) is 5.69 Å². The number of rotatable bonds is 12. The molecule has 4 rings (SSSR count). The molecule has 1 aliphatic rings. The Morgan fingerprint density at radius 3 is 2.19 bits per heavy atom. The molecule has 0 unspecified atom stereocenters. The van der Waals surface area contributed by atoms with Crippen molar-refractivity contribution in [1.82, 2.24) is 10.2 Å². The zero-order chi connectivity index (χ0) is 30.1. The maximum atomic E-state index is 14.3. The highest BCUT2D eigenvalue weighted by atomic mass is 32.2. The number of hydrogen-bond donors (Lipinski definition) is 1. The molecular weight excluding hydrogens is 546 g/mol. The van der Waals surface area contributed by atoms with Crippen LogP contribution >= 0.6 is 0 Å². The fourth-order valence-electron chi connectivity index (χ4n) is 5.66. The van der Waals surface area contributed by atoms with Crippen molar-refractivity contribution >= 4 is 27.5 Å². The number of nitrogens with one attached hydrogen (secondary N) is 1. The summed E-state index contributed by atoms with van der Waals surface area (Å²) in [6.45, 7) is 5.52. The summed E-state index contributed by atoms with van der Waals surface area (Å²) in [5.41, 5.74) is 3.12. The molecule has 0 saturated heterocycles. The van der Waals surface area contributed by atoms with E-state index in [9.17, 15) is 18.0 Å². The molecule has 0 aromatic heterocycles. The molecule has 42 heavy (non-hydrogen) atoms. The van der Waals surface area contributed by atoms with Gasteiger partial charge in [-0.3, -0.25) is 13.9 Å². The first-order valence-corrected chi connectivity index (χ1v) is 16.4. The first kappa shape index (κ1) is 31.3. The minimum absolute atomic E-state index is 0.108. The predicted octanol–water partition coefficient (Wildman–Crippen LogP) is 5.80. The van der Waals surface area contributed by atoms with Crippen LogP contribution in [0.25, 0.3) is 0 Å². The van der Waals surface area contributed by atoms with Crippen molar-refractivity contribution in [2.75, 3.05) is 17.4 Å². The third-order valence-corrected chi connectivity index (χ3v) is 9.84. The van der Waals surface area contributed by atoms with Gasteiger partial charge in [0.25, 0.3) is 10.0 Å². The smallest absolute Gasteiger partial charge is 0.264 e. The van der Waals surface area contributed by atoms with E-state index in [0.717, 1.165) is 42.4 Å². The summed E-state index contributed by atoms with van der Waals surface area (Å²) in [5, 5.41) is 3.20. The first-order valence-electron chi connectivity index (χ1n) is 15.0. The molecule has 2 amide bonds. The SMILES string of the molecule is CC[C@H](C(=O)NC1CCCCC1)N(CCc1ccccc1)C(=O)CN(c1cc(C)ccc1C)S(=O)(=O)c1ccccc1. The van der Waals surface area contributed by atoms with Gasteiger partial charge in [-0.2, -0.15) is 0 Å². The summed E-state index contributed by atoms with van der Waals surface area (Å²) in [5.74, 6) is -0.577. The normalized spacial score (nSPS) is 14.6. The summed E-state index contributed by atoms with van der Waals surface area (Å²) in [7, 11) is -4.08. The Labute approximate surface area is 251 Å². The largest absolute Gasteiger partial charge is 0.352 e. The van der Waals surface area contributed by atoms with Gasteiger partial charge in [-0.15, -0.1) is 0 Å². The van der Waals surface area contributed by atoms with Crippen LogP contribution in [0, 0.1) is 13.8 Å². The van der Waals surface area contributed by atoms with Gasteiger partial charge in [0, 0.05) is 12.6 Å². The summed E-state index contributed by atoms with van der Waals surface area (Å²) in [6, 6.07) is 23.0. The van der Waals surface area contributed by atoms with Gasteiger partial charge in [-0.05, 0) is 74.4 Å². The summed E-state index contributed by atoms with van der Waals surface area (Å²) >= 11 is 0. The minimum atomic E-state index is -4.08. The molecule has 0 heterocycles. The zero-order valence-electron chi connectivity index (χ0n) is 25.0. The highest BCUT2D eigenvalue weighted by Crippen LogP contribution is 2.28. The Balaban J connectivity index is 1.69. The molecule has 8 heteroatoms. The average molecular weight is 590 g/mol. The van der Waals surface area contributed by atoms with Gasteiger partial charge in [0.05, 0.1) is 10.6 Å². The van der Waals surface area contributed by atoms with E-state index in [4.69, 9.17) is 0 Å². The van der Waals surface area contributed by atoms with Crippen LogP contribution in [0.3, 0.4) is 0 Å². The highest BCUT2D eigenvalue weighted by molar-refractivity contribution is 7.92. The second-order valence-corrected chi connectivity index (χ2v) is 13.1. The Morgan fingerprint density at radius 2 is 1.55 bits per heavy atom. The van der Waals surface area contributed by atoms with Crippen LogP contribution in [0.1, 0.15) is 62.1 Å². The second-order valence-electron chi connectivity index (χ2n) is 11.2. The van der Waals surface area contributed by atoms with E-state index in [2.05, 4.69) is 5.32 Å².